The Hall–Kier alpha value is 0.180. The first-order chi connectivity index (χ1) is 7.73. The highest BCUT2D eigenvalue weighted by Gasteiger charge is 2.55. The largest absolute Gasteiger partial charge is 0.365 e. The van der Waals surface area contributed by atoms with Crippen LogP contribution in [0.2, 0.25) is 0 Å². The third-order valence-electron chi connectivity index (χ3n) is 5.16. The third-order valence-corrected chi connectivity index (χ3v) is 6.80. The minimum atomic E-state index is -0.125. The van der Waals surface area contributed by atoms with E-state index in [0.717, 1.165) is 12.8 Å². The summed E-state index contributed by atoms with van der Waals surface area (Å²) in [7, 11) is 0. The number of halogens is 1. The first-order valence-electron chi connectivity index (χ1n) is 6.71. The molecule has 0 amide bonds. The highest BCUT2D eigenvalue weighted by molar-refractivity contribution is 9.09. The van der Waals surface area contributed by atoms with Crippen molar-refractivity contribution in [2.75, 3.05) is 0 Å². The molecule has 2 heteroatoms. The van der Waals surface area contributed by atoms with Crippen molar-refractivity contribution in [3.8, 4) is 0 Å². The van der Waals surface area contributed by atoms with Crippen LogP contribution in [-0.2, 0) is 4.74 Å². The molecule has 1 saturated heterocycles. The normalized spacial score (nSPS) is 49.5. The van der Waals surface area contributed by atoms with Crippen LogP contribution in [0.15, 0.2) is 12.7 Å². The van der Waals surface area contributed by atoms with E-state index in [2.05, 4.69) is 50.2 Å². The van der Waals surface area contributed by atoms with E-state index in [1.807, 2.05) is 6.08 Å². The van der Waals surface area contributed by atoms with Gasteiger partial charge in [0, 0.05) is 4.83 Å². The molecule has 1 heterocycles. The Labute approximate surface area is 114 Å². The van der Waals surface area contributed by atoms with Gasteiger partial charge in [0.05, 0.1) is 11.2 Å². The maximum atomic E-state index is 6.46. The van der Waals surface area contributed by atoms with Crippen molar-refractivity contribution < 1.29 is 4.74 Å². The SMILES string of the molecule is C=C[C@@]1(C)CC[C@H]2C(C)(C)[C@@H](Br)CC[C@]2(C)O1. The number of hydrogen-bond acceptors (Lipinski definition) is 1. The summed E-state index contributed by atoms with van der Waals surface area (Å²) in [6, 6.07) is 0. The summed E-state index contributed by atoms with van der Waals surface area (Å²) in [6.45, 7) is 13.2. The fraction of sp³-hybridized carbons (Fsp3) is 0.867. The van der Waals surface area contributed by atoms with E-state index in [9.17, 15) is 0 Å². The van der Waals surface area contributed by atoms with Crippen molar-refractivity contribution in [2.24, 2.45) is 11.3 Å². The molecule has 98 valence electrons. The molecule has 0 aromatic carbocycles. The zero-order valence-corrected chi connectivity index (χ0v) is 13.1. The molecule has 0 radical (unpaired) electrons. The number of rotatable bonds is 1. The van der Waals surface area contributed by atoms with Gasteiger partial charge in [-0.25, -0.2) is 0 Å². The Morgan fingerprint density at radius 1 is 1.18 bits per heavy atom. The quantitative estimate of drug-likeness (QED) is 0.504. The fourth-order valence-electron chi connectivity index (χ4n) is 3.92. The second kappa shape index (κ2) is 4.09. The molecule has 17 heavy (non-hydrogen) atoms. The van der Waals surface area contributed by atoms with Crippen LogP contribution in [0.3, 0.4) is 0 Å². The van der Waals surface area contributed by atoms with E-state index in [1.54, 1.807) is 0 Å². The van der Waals surface area contributed by atoms with Gasteiger partial charge in [-0.2, -0.15) is 0 Å². The van der Waals surface area contributed by atoms with Gasteiger partial charge in [0.15, 0.2) is 0 Å². The Kier molecular flexibility index (Phi) is 3.28. The lowest BCUT2D eigenvalue weighted by molar-refractivity contribution is -0.219. The van der Waals surface area contributed by atoms with Gasteiger partial charge in [-0.1, -0.05) is 35.9 Å². The first kappa shape index (κ1) is 13.6. The Balaban J connectivity index is 2.29. The van der Waals surface area contributed by atoms with Gasteiger partial charge in [0.1, 0.15) is 0 Å². The summed E-state index contributed by atoms with van der Waals surface area (Å²) in [5.74, 6) is 0.640. The lowest BCUT2D eigenvalue weighted by Crippen LogP contribution is -2.59. The van der Waals surface area contributed by atoms with Crippen molar-refractivity contribution in [1.29, 1.82) is 0 Å². The molecule has 0 aromatic heterocycles. The minimum absolute atomic E-state index is 0.0228. The molecule has 0 bridgehead atoms. The number of alkyl halides is 1. The zero-order chi connectivity index (χ0) is 12.9. The van der Waals surface area contributed by atoms with E-state index < -0.39 is 0 Å². The average Bonchev–Trinajstić information content (AvgIpc) is 2.24. The summed E-state index contributed by atoms with van der Waals surface area (Å²) in [5, 5.41) is 0. The Morgan fingerprint density at radius 2 is 1.82 bits per heavy atom. The van der Waals surface area contributed by atoms with Gasteiger partial charge >= 0.3 is 0 Å². The van der Waals surface area contributed by atoms with Crippen molar-refractivity contribution in [3.63, 3.8) is 0 Å². The van der Waals surface area contributed by atoms with Crippen LogP contribution in [0.1, 0.15) is 53.4 Å². The molecular formula is C15H25BrO. The summed E-state index contributed by atoms with van der Waals surface area (Å²) < 4.78 is 6.46. The van der Waals surface area contributed by atoms with Crippen LogP contribution < -0.4 is 0 Å². The Bertz CT molecular complexity index is 325. The van der Waals surface area contributed by atoms with Crippen molar-refractivity contribution in [2.45, 2.75) is 69.4 Å². The second-order valence-electron chi connectivity index (χ2n) is 6.85. The lowest BCUT2D eigenvalue weighted by atomic mass is 9.58. The van der Waals surface area contributed by atoms with Crippen molar-refractivity contribution in [1.82, 2.24) is 0 Å². The van der Waals surface area contributed by atoms with Gasteiger partial charge in [0.25, 0.3) is 0 Å². The molecule has 4 atom stereocenters. The molecule has 2 aliphatic rings. The molecule has 2 fully saturated rings. The molecule has 1 aliphatic heterocycles. The number of hydrogen-bond donors (Lipinski definition) is 0. The predicted molar refractivity (Wildman–Crippen MR) is 76.5 cm³/mol. The molecule has 2 rings (SSSR count). The summed E-state index contributed by atoms with van der Waals surface area (Å²) >= 11 is 3.87. The first-order valence-corrected chi connectivity index (χ1v) is 7.63. The number of ether oxygens (including phenoxy) is 1. The molecule has 1 saturated carbocycles. The second-order valence-corrected chi connectivity index (χ2v) is 7.96. The summed E-state index contributed by atoms with van der Waals surface area (Å²) in [5.41, 5.74) is 0.213. The molecule has 0 N–H and O–H groups in total. The number of fused-ring (bicyclic) bond motifs is 1. The maximum Gasteiger partial charge on any atom is 0.0839 e. The Morgan fingerprint density at radius 3 is 2.41 bits per heavy atom. The van der Waals surface area contributed by atoms with Crippen LogP contribution in [0.4, 0.5) is 0 Å². The van der Waals surface area contributed by atoms with Crippen LogP contribution >= 0.6 is 15.9 Å². The topological polar surface area (TPSA) is 9.23 Å². The van der Waals surface area contributed by atoms with Gasteiger partial charge in [-0.05, 0) is 50.9 Å². The average molecular weight is 301 g/mol. The van der Waals surface area contributed by atoms with Crippen LogP contribution in [-0.4, -0.2) is 16.0 Å². The van der Waals surface area contributed by atoms with E-state index in [-0.39, 0.29) is 11.2 Å². The van der Waals surface area contributed by atoms with E-state index in [4.69, 9.17) is 4.74 Å². The van der Waals surface area contributed by atoms with E-state index in [1.165, 1.54) is 12.8 Å². The molecule has 0 spiro atoms. The van der Waals surface area contributed by atoms with Gasteiger partial charge in [0.2, 0.25) is 0 Å². The summed E-state index contributed by atoms with van der Waals surface area (Å²) in [6.07, 6.45) is 6.68. The van der Waals surface area contributed by atoms with Crippen LogP contribution in [0, 0.1) is 11.3 Å². The maximum absolute atomic E-state index is 6.46. The van der Waals surface area contributed by atoms with E-state index >= 15 is 0 Å². The molecule has 1 nitrogen and oxygen atoms in total. The van der Waals surface area contributed by atoms with Gasteiger partial charge in [-0.3, -0.25) is 0 Å². The monoisotopic (exact) mass is 300 g/mol. The minimum Gasteiger partial charge on any atom is -0.365 e. The van der Waals surface area contributed by atoms with Crippen LogP contribution in [0.5, 0.6) is 0 Å². The van der Waals surface area contributed by atoms with Gasteiger partial charge < -0.3 is 4.74 Å². The fourth-order valence-corrected chi connectivity index (χ4v) is 4.47. The zero-order valence-electron chi connectivity index (χ0n) is 11.6. The highest BCUT2D eigenvalue weighted by Crippen LogP contribution is 2.56. The smallest absolute Gasteiger partial charge is 0.0839 e. The predicted octanol–water partition coefficient (Wildman–Crippen LogP) is 4.70. The molecule has 1 aliphatic carbocycles. The van der Waals surface area contributed by atoms with Gasteiger partial charge in [-0.15, -0.1) is 6.58 Å². The standard InChI is InChI=1S/C15H25BrO/c1-6-14(4)9-7-11-13(2,3)12(16)8-10-15(11,5)17-14/h6,11-12H,1,7-10H2,2-5H3/t11-,12-,14-,15-/m0/s1. The van der Waals surface area contributed by atoms with Crippen LogP contribution in [0.25, 0.3) is 0 Å². The molecular weight excluding hydrogens is 276 g/mol. The summed E-state index contributed by atoms with van der Waals surface area (Å²) in [4.78, 5) is 0.616. The van der Waals surface area contributed by atoms with E-state index in [0.29, 0.717) is 16.2 Å². The molecule has 0 aromatic rings. The highest BCUT2D eigenvalue weighted by atomic mass is 79.9. The lowest BCUT2D eigenvalue weighted by Gasteiger charge is -2.58. The van der Waals surface area contributed by atoms with Crippen molar-refractivity contribution >= 4 is 15.9 Å². The van der Waals surface area contributed by atoms with Crippen molar-refractivity contribution in [3.05, 3.63) is 12.7 Å². The molecule has 0 unspecified atom stereocenters. The third kappa shape index (κ3) is 2.12.